The number of nitrogens with zero attached hydrogens (tertiary/aromatic N) is 5. The first-order valence-electron chi connectivity index (χ1n) is 10.5. The van der Waals surface area contributed by atoms with Crippen molar-refractivity contribution >= 4 is 33.1 Å². The highest BCUT2D eigenvalue weighted by Gasteiger charge is 2.21. The minimum atomic E-state index is -0.302. The van der Waals surface area contributed by atoms with Gasteiger partial charge in [-0.2, -0.15) is 4.98 Å². The predicted molar refractivity (Wildman–Crippen MR) is 130 cm³/mol. The zero-order valence-electron chi connectivity index (χ0n) is 18.7. The van der Waals surface area contributed by atoms with Gasteiger partial charge < -0.3 is 9.84 Å². The Bertz CT molecular complexity index is 1590. The van der Waals surface area contributed by atoms with E-state index in [4.69, 9.17) is 4.52 Å². The summed E-state index contributed by atoms with van der Waals surface area (Å²) in [7, 11) is 0. The lowest BCUT2D eigenvalue weighted by molar-refractivity contribution is -0.116. The third-order valence-electron chi connectivity index (χ3n) is 5.67. The van der Waals surface area contributed by atoms with Crippen LogP contribution in [0, 0.1) is 20.8 Å². The van der Waals surface area contributed by atoms with E-state index >= 15 is 0 Å². The zero-order chi connectivity index (χ0) is 23.8. The van der Waals surface area contributed by atoms with Crippen LogP contribution < -0.4 is 10.9 Å². The fourth-order valence-corrected chi connectivity index (χ4v) is 4.70. The van der Waals surface area contributed by atoms with Gasteiger partial charge in [-0.25, -0.2) is 4.98 Å². The van der Waals surface area contributed by atoms with Crippen molar-refractivity contribution in [1.82, 2.24) is 24.7 Å². The fraction of sp³-hybridized carbons (Fsp3) is 0.167. The number of benzene rings is 1. The van der Waals surface area contributed by atoms with Gasteiger partial charge in [-0.1, -0.05) is 17.3 Å². The Labute approximate surface area is 198 Å². The Kier molecular flexibility index (Phi) is 5.50. The summed E-state index contributed by atoms with van der Waals surface area (Å²) in [6.07, 6.45) is 4.70. The third-order valence-corrected chi connectivity index (χ3v) is 6.86. The fourth-order valence-electron chi connectivity index (χ4n) is 3.64. The molecule has 0 radical (unpaired) electrons. The molecule has 0 unspecified atom stereocenters. The molecule has 0 aliphatic carbocycles. The number of aromatic nitrogens is 5. The number of aryl methyl sites for hydroxylation is 2. The maximum absolute atomic E-state index is 13.2. The van der Waals surface area contributed by atoms with Crippen LogP contribution in [0.5, 0.6) is 0 Å². The van der Waals surface area contributed by atoms with Gasteiger partial charge in [0.25, 0.3) is 11.4 Å². The number of hydrogen-bond donors (Lipinski definition) is 1. The summed E-state index contributed by atoms with van der Waals surface area (Å²) in [5, 5.41) is 7.36. The molecule has 1 aromatic carbocycles. The lowest BCUT2D eigenvalue weighted by Gasteiger charge is -2.11. The summed E-state index contributed by atoms with van der Waals surface area (Å²) < 4.78 is 6.77. The smallest absolute Gasteiger partial charge is 0.268 e. The summed E-state index contributed by atoms with van der Waals surface area (Å²) in [5.41, 5.74) is 3.96. The molecule has 0 aliphatic rings. The van der Waals surface area contributed by atoms with Crippen LogP contribution in [0.15, 0.2) is 58.4 Å². The molecule has 0 spiro atoms. The molecule has 0 saturated carbocycles. The van der Waals surface area contributed by atoms with E-state index < -0.39 is 0 Å². The molecule has 5 rings (SSSR count). The van der Waals surface area contributed by atoms with Gasteiger partial charge in [0.1, 0.15) is 11.4 Å². The molecular formula is C24H20N6O3S. The lowest BCUT2D eigenvalue weighted by atomic mass is 10.1. The van der Waals surface area contributed by atoms with Gasteiger partial charge in [0, 0.05) is 23.6 Å². The average Bonchev–Trinajstić information content (AvgIpc) is 3.44. The van der Waals surface area contributed by atoms with E-state index in [1.165, 1.54) is 22.2 Å². The van der Waals surface area contributed by atoms with Crippen LogP contribution in [-0.4, -0.2) is 30.6 Å². The highest BCUT2D eigenvalue weighted by Crippen LogP contribution is 2.35. The summed E-state index contributed by atoms with van der Waals surface area (Å²) in [6.45, 7) is 5.59. The molecule has 5 aromatic rings. The summed E-state index contributed by atoms with van der Waals surface area (Å²) in [5.74, 6) is 0.442. The average molecular weight is 473 g/mol. The molecule has 4 heterocycles. The molecule has 170 valence electrons. The lowest BCUT2D eigenvalue weighted by Crippen LogP contribution is -2.28. The Morgan fingerprint density at radius 2 is 1.91 bits per heavy atom. The monoisotopic (exact) mass is 472 g/mol. The Balaban J connectivity index is 1.44. The van der Waals surface area contributed by atoms with Crippen molar-refractivity contribution in [2.45, 2.75) is 27.3 Å². The van der Waals surface area contributed by atoms with E-state index in [2.05, 4.69) is 25.4 Å². The number of carbonyl (C=O) groups is 1. The molecule has 0 fully saturated rings. The van der Waals surface area contributed by atoms with Crippen molar-refractivity contribution in [1.29, 1.82) is 0 Å². The number of carbonyl (C=O) groups excluding carboxylic acids is 1. The van der Waals surface area contributed by atoms with Crippen molar-refractivity contribution in [3.05, 3.63) is 76.1 Å². The molecule has 10 heteroatoms. The first-order valence-corrected chi connectivity index (χ1v) is 11.3. The van der Waals surface area contributed by atoms with Gasteiger partial charge in [-0.3, -0.25) is 19.1 Å². The number of nitrogens with one attached hydrogen (secondary N) is 1. The quantitative estimate of drug-likeness (QED) is 0.409. The zero-order valence-corrected chi connectivity index (χ0v) is 19.5. The van der Waals surface area contributed by atoms with Crippen molar-refractivity contribution in [3.63, 3.8) is 0 Å². The molecule has 0 bridgehead atoms. The first-order chi connectivity index (χ1) is 16.4. The largest absolute Gasteiger partial charge is 0.333 e. The Morgan fingerprint density at radius 3 is 2.71 bits per heavy atom. The van der Waals surface area contributed by atoms with Gasteiger partial charge >= 0.3 is 0 Å². The number of amides is 1. The molecule has 4 aromatic heterocycles. The second-order valence-corrected chi connectivity index (χ2v) is 8.87. The second kappa shape index (κ2) is 8.64. The Morgan fingerprint density at radius 1 is 1.12 bits per heavy atom. The van der Waals surface area contributed by atoms with Gasteiger partial charge in [-0.05, 0) is 55.7 Å². The summed E-state index contributed by atoms with van der Waals surface area (Å²) in [4.78, 5) is 39.9. The van der Waals surface area contributed by atoms with E-state index in [-0.39, 0.29) is 18.0 Å². The minimum Gasteiger partial charge on any atom is -0.333 e. The molecule has 1 N–H and O–H groups in total. The third kappa shape index (κ3) is 3.88. The highest BCUT2D eigenvalue weighted by atomic mass is 32.1. The number of pyridine rings is 1. The summed E-state index contributed by atoms with van der Waals surface area (Å²) in [6, 6.07) is 9.27. The van der Waals surface area contributed by atoms with E-state index in [0.29, 0.717) is 32.4 Å². The number of rotatable bonds is 5. The molecule has 0 saturated heterocycles. The summed E-state index contributed by atoms with van der Waals surface area (Å²) >= 11 is 1.30. The number of hydrogen-bond acceptors (Lipinski definition) is 8. The molecule has 1 amide bonds. The van der Waals surface area contributed by atoms with Gasteiger partial charge in [0.2, 0.25) is 11.7 Å². The first kappa shape index (κ1) is 21.7. The van der Waals surface area contributed by atoms with E-state index in [1.807, 2.05) is 39.0 Å². The van der Waals surface area contributed by atoms with Crippen LogP contribution in [0.25, 0.3) is 32.4 Å². The second-order valence-electron chi connectivity index (χ2n) is 7.87. The Hall–Kier alpha value is -4.18. The number of anilines is 1. The van der Waals surface area contributed by atoms with Gasteiger partial charge in [0.05, 0.1) is 16.6 Å². The van der Waals surface area contributed by atoms with Crippen molar-refractivity contribution in [2.75, 3.05) is 5.32 Å². The van der Waals surface area contributed by atoms with Crippen molar-refractivity contribution in [2.24, 2.45) is 0 Å². The van der Waals surface area contributed by atoms with E-state index in [9.17, 15) is 9.59 Å². The number of thiophene rings is 1. The molecule has 34 heavy (non-hydrogen) atoms. The molecule has 0 atom stereocenters. The van der Waals surface area contributed by atoms with E-state index in [0.717, 1.165) is 22.4 Å². The van der Waals surface area contributed by atoms with Crippen LogP contribution in [0.3, 0.4) is 0 Å². The number of fused-ring (bicyclic) bond motifs is 1. The van der Waals surface area contributed by atoms with Crippen molar-refractivity contribution in [3.8, 4) is 22.2 Å². The molecule has 0 aliphatic heterocycles. The predicted octanol–water partition coefficient (Wildman–Crippen LogP) is 4.13. The van der Waals surface area contributed by atoms with Gasteiger partial charge in [-0.15, -0.1) is 11.3 Å². The van der Waals surface area contributed by atoms with Crippen LogP contribution in [-0.2, 0) is 11.3 Å². The topological polar surface area (TPSA) is 116 Å². The normalized spacial score (nSPS) is 11.1. The minimum absolute atomic E-state index is 0.146. The maximum Gasteiger partial charge on any atom is 0.268 e. The maximum atomic E-state index is 13.2. The highest BCUT2D eigenvalue weighted by molar-refractivity contribution is 7.22. The van der Waals surface area contributed by atoms with Crippen LogP contribution in [0.2, 0.25) is 0 Å². The molecular weight excluding hydrogens is 452 g/mol. The standard InChI is InChI=1S/C24H20N6O3S/c1-13-5-4-6-17(14(13)2)27-18(31)11-30-12-26-23-19(24(30)32)15(3)20(34-23)22-28-21(29-33-22)16-7-9-25-10-8-16/h4-10,12H,11H2,1-3H3,(H,27,31). The van der Waals surface area contributed by atoms with Gasteiger partial charge in [0.15, 0.2) is 0 Å². The molecule has 9 nitrogen and oxygen atoms in total. The van der Waals surface area contributed by atoms with Crippen molar-refractivity contribution < 1.29 is 9.32 Å². The van der Waals surface area contributed by atoms with Crippen LogP contribution >= 0.6 is 11.3 Å². The van der Waals surface area contributed by atoms with Crippen LogP contribution in [0.1, 0.15) is 16.7 Å². The van der Waals surface area contributed by atoms with E-state index in [1.54, 1.807) is 24.5 Å². The SMILES string of the molecule is Cc1cccc(NC(=O)Cn2cnc3sc(-c4nc(-c5ccncc5)no4)c(C)c3c2=O)c1C. The van der Waals surface area contributed by atoms with Crippen LogP contribution in [0.4, 0.5) is 5.69 Å².